The van der Waals surface area contributed by atoms with E-state index in [2.05, 4.69) is 18.9 Å². The second-order valence-electron chi connectivity index (χ2n) is 6.78. The van der Waals surface area contributed by atoms with Crippen molar-refractivity contribution in [3.63, 3.8) is 0 Å². The lowest BCUT2D eigenvalue weighted by molar-refractivity contribution is 0.0785. The molecule has 2 aliphatic rings. The molecule has 0 saturated heterocycles. The molecule has 0 bridgehead atoms. The third-order valence-corrected chi connectivity index (χ3v) is 5.52. The molecule has 2 nitrogen and oxygen atoms in total. The highest BCUT2D eigenvalue weighted by molar-refractivity contribution is 4.86. The Morgan fingerprint density at radius 3 is 2.17 bits per heavy atom. The largest absolute Gasteiger partial charge is 0.329 e. The van der Waals surface area contributed by atoms with Gasteiger partial charge in [0.15, 0.2) is 0 Å². The summed E-state index contributed by atoms with van der Waals surface area (Å²) >= 11 is 0. The Labute approximate surface area is 113 Å². The molecular weight excluding hydrogens is 220 g/mol. The molecule has 2 saturated carbocycles. The zero-order chi connectivity index (χ0) is 13.0. The normalized spacial score (nSPS) is 32.7. The Bertz CT molecular complexity index is 227. The summed E-state index contributed by atoms with van der Waals surface area (Å²) < 4.78 is 0. The summed E-state index contributed by atoms with van der Waals surface area (Å²) in [5, 5.41) is 0. The summed E-state index contributed by atoms with van der Waals surface area (Å²) in [5.74, 6) is 1.81. The Morgan fingerprint density at radius 1 is 1.00 bits per heavy atom. The molecule has 0 aliphatic heterocycles. The van der Waals surface area contributed by atoms with E-state index >= 15 is 0 Å². The minimum absolute atomic E-state index is 0.642. The Morgan fingerprint density at radius 2 is 1.61 bits per heavy atom. The van der Waals surface area contributed by atoms with Gasteiger partial charge in [-0.3, -0.25) is 4.90 Å². The van der Waals surface area contributed by atoms with Crippen LogP contribution >= 0.6 is 0 Å². The molecule has 0 radical (unpaired) electrons. The van der Waals surface area contributed by atoms with Crippen molar-refractivity contribution in [1.82, 2.24) is 4.90 Å². The summed E-state index contributed by atoms with van der Waals surface area (Å²) in [6.45, 7) is 3.25. The lowest BCUT2D eigenvalue weighted by Gasteiger charge is -2.42. The Kier molecular flexibility index (Phi) is 5.50. The van der Waals surface area contributed by atoms with E-state index in [1.165, 1.54) is 57.8 Å². The molecule has 2 heteroatoms. The van der Waals surface area contributed by atoms with Crippen molar-refractivity contribution in [2.75, 3.05) is 13.6 Å². The van der Waals surface area contributed by atoms with Gasteiger partial charge in [0, 0.05) is 18.6 Å². The summed E-state index contributed by atoms with van der Waals surface area (Å²) in [6.07, 6.45) is 12.7. The van der Waals surface area contributed by atoms with Crippen LogP contribution in [0, 0.1) is 11.8 Å². The molecular formula is C16H32N2. The molecule has 106 valence electrons. The highest BCUT2D eigenvalue weighted by Gasteiger charge is 2.31. The van der Waals surface area contributed by atoms with Gasteiger partial charge in [0.1, 0.15) is 0 Å². The predicted octanol–water partition coefficient (Wildman–Crippen LogP) is 3.40. The van der Waals surface area contributed by atoms with Crippen molar-refractivity contribution in [2.24, 2.45) is 17.6 Å². The van der Waals surface area contributed by atoms with Crippen LogP contribution < -0.4 is 5.73 Å². The summed E-state index contributed by atoms with van der Waals surface area (Å²) in [7, 11) is 2.34. The highest BCUT2D eigenvalue weighted by atomic mass is 15.2. The van der Waals surface area contributed by atoms with Gasteiger partial charge in [-0.15, -0.1) is 0 Å². The van der Waals surface area contributed by atoms with Crippen molar-refractivity contribution >= 4 is 0 Å². The number of likely N-dealkylation sites (N-methyl/N-ethyl adjacent to an activating group) is 1. The number of nitrogens with zero attached hydrogens (tertiary/aromatic N) is 1. The average molecular weight is 252 g/mol. The molecule has 2 N–H and O–H groups in total. The second kappa shape index (κ2) is 6.91. The summed E-state index contributed by atoms with van der Waals surface area (Å²) in [5.41, 5.74) is 6.10. The molecule has 2 fully saturated rings. The minimum Gasteiger partial charge on any atom is -0.329 e. The minimum atomic E-state index is 0.642. The van der Waals surface area contributed by atoms with Crippen LogP contribution in [0.3, 0.4) is 0 Å². The fourth-order valence-corrected chi connectivity index (χ4v) is 4.13. The predicted molar refractivity (Wildman–Crippen MR) is 78.6 cm³/mol. The SMILES string of the molecule is CC1CCC(N(C)C(CN)C2CCCCC2)CC1. The first-order valence-electron chi connectivity index (χ1n) is 8.14. The standard InChI is InChI=1S/C16H32N2/c1-13-8-10-15(11-9-13)18(2)16(12-17)14-6-4-3-5-7-14/h13-16H,3-12,17H2,1-2H3. The van der Waals surface area contributed by atoms with Crippen molar-refractivity contribution in [2.45, 2.75) is 76.8 Å². The molecule has 0 aromatic heterocycles. The van der Waals surface area contributed by atoms with Gasteiger partial charge in [-0.05, 0) is 57.4 Å². The number of hydrogen-bond acceptors (Lipinski definition) is 2. The maximum Gasteiger partial charge on any atom is 0.0246 e. The first-order valence-corrected chi connectivity index (χ1v) is 8.14. The zero-order valence-electron chi connectivity index (χ0n) is 12.4. The average Bonchev–Trinajstić information content (AvgIpc) is 2.41. The summed E-state index contributed by atoms with van der Waals surface area (Å²) in [6, 6.07) is 1.44. The zero-order valence-corrected chi connectivity index (χ0v) is 12.4. The van der Waals surface area contributed by atoms with Crippen LogP contribution in [-0.2, 0) is 0 Å². The van der Waals surface area contributed by atoms with Gasteiger partial charge in [0.05, 0.1) is 0 Å². The van der Waals surface area contributed by atoms with Crippen LogP contribution in [0.2, 0.25) is 0 Å². The van der Waals surface area contributed by atoms with Crippen LogP contribution in [-0.4, -0.2) is 30.6 Å². The molecule has 18 heavy (non-hydrogen) atoms. The first-order chi connectivity index (χ1) is 8.72. The molecule has 0 spiro atoms. The van der Waals surface area contributed by atoms with E-state index in [0.29, 0.717) is 6.04 Å². The topological polar surface area (TPSA) is 29.3 Å². The molecule has 0 aromatic carbocycles. The van der Waals surface area contributed by atoms with Gasteiger partial charge in [0.2, 0.25) is 0 Å². The Balaban J connectivity index is 1.89. The fraction of sp³-hybridized carbons (Fsp3) is 1.00. The van der Waals surface area contributed by atoms with E-state index in [1.807, 2.05) is 0 Å². The lowest BCUT2D eigenvalue weighted by Crippen LogP contribution is -2.49. The second-order valence-corrected chi connectivity index (χ2v) is 6.78. The molecule has 0 amide bonds. The molecule has 1 unspecified atom stereocenters. The van der Waals surface area contributed by atoms with E-state index in [4.69, 9.17) is 5.73 Å². The maximum absolute atomic E-state index is 6.10. The van der Waals surface area contributed by atoms with Gasteiger partial charge in [0.25, 0.3) is 0 Å². The van der Waals surface area contributed by atoms with Gasteiger partial charge in [-0.2, -0.15) is 0 Å². The van der Waals surface area contributed by atoms with Crippen LogP contribution in [0.1, 0.15) is 64.7 Å². The van der Waals surface area contributed by atoms with Gasteiger partial charge >= 0.3 is 0 Å². The van der Waals surface area contributed by atoms with E-state index in [1.54, 1.807) is 0 Å². The van der Waals surface area contributed by atoms with Gasteiger partial charge < -0.3 is 5.73 Å². The molecule has 0 heterocycles. The maximum atomic E-state index is 6.10. The highest BCUT2D eigenvalue weighted by Crippen LogP contribution is 2.32. The van der Waals surface area contributed by atoms with E-state index in [9.17, 15) is 0 Å². The third-order valence-electron chi connectivity index (χ3n) is 5.52. The van der Waals surface area contributed by atoms with Crippen LogP contribution in [0.4, 0.5) is 0 Å². The van der Waals surface area contributed by atoms with Crippen molar-refractivity contribution in [3.05, 3.63) is 0 Å². The quantitative estimate of drug-likeness (QED) is 0.831. The molecule has 0 aromatic rings. The van der Waals surface area contributed by atoms with Crippen LogP contribution in [0.5, 0.6) is 0 Å². The van der Waals surface area contributed by atoms with Crippen molar-refractivity contribution < 1.29 is 0 Å². The number of nitrogens with two attached hydrogens (primary N) is 1. The smallest absolute Gasteiger partial charge is 0.0246 e. The Hall–Kier alpha value is -0.0800. The number of rotatable bonds is 4. The fourth-order valence-electron chi connectivity index (χ4n) is 4.13. The van der Waals surface area contributed by atoms with Crippen LogP contribution in [0.15, 0.2) is 0 Å². The molecule has 2 rings (SSSR count). The van der Waals surface area contributed by atoms with Gasteiger partial charge in [-0.25, -0.2) is 0 Å². The number of hydrogen-bond donors (Lipinski definition) is 1. The monoisotopic (exact) mass is 252 g/mol. The van der Waals surface area contributed by atoms with E-state index in [-0.39, 0.29) is 0 Å². The molecule has 1 atom stereocenters. The first kappa shape index (κ1) is 14.3. The summed E-state index contributed by atoms with van der Waals surface area (Å²) in [4.78, 5) is 2.65. The molecule has 2 aliphatic carbocycles. The lowest BCUT2D eigenvalue weighted by atomic mass is 9.81. The van der Waals surface area contributed by atoms with Crippen molar-refractivity contribution in [3.8, 4) is 0 Å². The van der Waals surface area contributed by atoms with E-state index in [0.717, 1.165) is 24.4 Å². The van der Waals surface area contributed by atoms with Crippen molar-refractivity contribution in [1.29, 1.82) is 0 Å². The van der Waals surface area contributed by atoms with E-state index < -0.39 is 0 Å². The third kappa shape index (κ3) is 3.48. The van der Waals surface area contributed by atoms with Crippen LogP contribution in [0.25, 0.3) is 0 Å². The van der Waals surface area contributed by atoms with Gasteiger partial charge in [-0.1, -0.05) is 26.2 Å².